The van der Waals surface area contributed by atoms with Gasteiger partial charge in [0.2, 0.25) is 16.9 Å². The predicted octanol–water partition coefficient (Wildman–Crippen LogP) is 3.86. The summed E-state index contributed by atoms with van der Waals surface area (Å²) in [5, 5.41) is 15.0. The normalized spacial score (nSPS) is 13.0. The Labute approximate surface area is 158 Å². The van der Waals surface area contributed by atoms with Gasteiger partial charge >= 0.3 is 0 Å². The molecule has 0 radical (unpaired) electrons. The summed E-state index contributed by atoms with van der Waals surface area (Å²) in [4.78, 5) is 24.7. The van der Waals surface area contributed by atoms with Crippen LogP contribution in [-0.4, -0.2) is 28.1 Å². The van der Waals surface area contributed by atoms with E-state index in [-0.39, 0.29) is 17.7 Å². The monoisotopic (exact) mass is 374 g/mol. The van der Waals surface area contributed by atoms with Gasteiger partial charge in [-0.1, -0.05) is 75.3 Å². The first-order chi connectivity index (χ1) is 12.5. The molecule has 1 aromatic carbocycles. The molecule has 0 aliphatic rings. The molecule has 2 amide bonds. The number of anilines is 1. The van der Waals surface area contributed by atoms with Gasteiger partial charge < -0.3 is 5.32 Å². The summed E-state index contributed by atoms with van der Waals surface area (Å²) < 4.78 is 0. The van der Waals surface area contributed by atoms with Crippen molar-refractivity contribution >= 4 is 28.3 Å². The third-order valence-electron chi connectivity index (χ3n) is 4.25. The van der Waals surface area contributed by atoms with Gasteiger partial charge in [0.05, 0.1) is 0 Å². The smallest absolute Gasteiger partial charge is 0.249 e. The Morgan fingerprint density at radius 3 is 2.54 bits per heavy atom. The van der Waals surface area contributed by atoms with E-state index in [2.05, 4.69) is 20.8 Å². The fourth-order valence-electron chi connectivity index (χ4n) is 2.44. The van der Waals surface area contributed by atoms with Crippen molar-refractivity contribution < 1.29 is 9.59 Å². The number of hydrogen-bond acceptors (Lipinski definition) is 5. The van der Waals surface area contributed by atoms with E-state index in [1.54, 1.807) is 0 Å². The first kappa shape index (κ1) is 20.0. The Morgan fingerprint density at radius 2 is 1.88 bits per heavy atom. The van der Waals surface area contributed by atoms with Gasteiger partial charge in [0.25, 0.3) is 0 Å². The molecule has 26 heavy (non-hydrogen) atoms. The van der Waals surface area contributed by atoms with Crippen molar-refractivity contribution in [2.75, 3.05) is 5.32 Å². The van der Waals surface area contributed by atoms with Crippen LogP contribution in [0.2, 0.25) is 0 Å². The molecule has 0 fully saturated rings. The molecular formula is C19H26N4O2S. The van der Waals surface area contributed by atoms with Crippen LogP contribution in [0.5, 0.6) is 0 Å². The van der Waals surface area contributed by atoms with Gasteiger partial charge in [-0.05, 0) is 12.3 Å². The van der Waals surface area contributed by atoms with E-state index < -0.39 is 6.04 Å². The van der Waals surface area contributed by atoms with Crippen molar-refractivity contribution in [3.63, 3.8) is 0 Å². The lowest BCUT2D eigenvalue weighted by atomic mass is 9.98. The van der Waals surface area contributed by atoms with E-state index in [0.717, 1.165) is 29.8 Å². The summed E-state index contributed by atoms with van der Waals surface area (Å²) in [6.07, 6.45) is 2.99. The van der Waals surface area contributed by atoms with E-state index in [1.807, 2.05) is 51.1 Å². The van der Waals surface area contributed by atoms with E-state index in [4.69, 9.17) is 0 Å². The summed E-state index contributed by atoms with van der Waals surface area (Å²) in [5.41, 5.74) is 0.955. The summed E-state index contributed by atoms with van der Waals surface area (Å²) >= 11 is 1.32. The van der Waals surface area contributed by atoms with Crippen LogP contribution in [0.15, 0.2) is 30.3 Å². The second-order valence-corrected chi connectivity index (χ2v) is 7.28. The molecule has 2 aromatic rings. The fraction of sp³-hybridized carbons (Fsp3) is 0.474. The molecule has 1 aromatic heterocycles. The van der Waals surface area contributed by atoms with Crippen molar-refractivity contribution in [1.82, 2.24) is 15.5 Å². The van der Waals surface area contributed by atoms with Crippen molar-refractivity contribution in [3.8, 4) is 10.6 Å². The Morgan fingerprint density at radius 1 is 1.15 bits per heavy atom. The van der Waals surface area contributed by atoms with E-state index in [1.165, 1.54) is 11.3 Å². The number of benzene rings is 1. The molecule has 0 bridgehead atoms. The summed E-state index contributed by atoms with van der Waals surface area (Å²) in [6.45, 7) is 5.99. The molecule has 6 nitrogen and oxygen atoms in total. The average molecular weight is 375 g/mol. The number of rotatable bonds is 9. The van der Waals surface area contributed by atoms with Gasteiger partial charge in [-0.25, -0.2) is 0 Å². The van der Waals surface area contributed by atoms with Crippen LogP contribution in [0.1, 0.15) is 46.5 Å². The largest absolute Gasteiger partial charge is 0.344 e. The van der Waals surface area contributed by atoms with Crippen LogP contribution >= 0.6 is 11.3 Å². The summed E-state index contributed by atoms with van der Waals surface area (Å²) in [7, 11) is 0. The molecule has 0 spiro atoms. The zero-order chi connectivity index (χ0) is 18.9. The first-order valence-corrected chi connectivity index (χ1v) is 9.85. The van der Waals surface area contributed by atoms with E-state index in [9.17, 15) is 9.59 Å². The lowest BCUT2D eigenvalue weighted by Crippen LogP contribution is -2.47. The molecule has 0 saturated heterocycles. The second kappa shape index (κ2) is 10.0. The number of nitrogens with one attached hydrogen (secondary N) is 2. The van der Waals surface area contributed by atoms with Gasteiger partial charge in [-0.15, -0.1) is 10.2 Å². The third kappa shape index (κ3) is 5.62. The average Bonchev–Trinajstić information content (AvgIpc) is 3.12. The Balaban J connectivity index is 2.04. The molecule has 2 atom stereocenters. The minimum Gasteiger partial charge on any atom is -0.344 e. The number of aromatic nitrogens is 2. The lowest BCUT2D eigenvalue weighted by molar-refractivity contribution is -0.127. The Kier molecular flexibility index (Phi) is 7.72. The number of nitrogens with zero attached hydrogens (tertiary/aromatic N) is 2. The van der Waals surface area contributed by atoms with Crippen LogP contribution in [-0.2, 0) is 9.59 Å². The molecule has 2 rings (SSSR count). The van der Waals surface area contributed by atoms with Crippen molar-refractivity contribution in [2.24, 2.45) is 5.92 Å². The van der Waals surface area contributed by atoms with Crippen LogP contribution in [0.4, 0.5) is 5.13 Å². The second-order valence-electron chi connectivity index (χ2n) is 6.30. The van der Waals surface area contributed by atoms with Crippen LogP contribution in [0.3, 0.4) is 0 Å². The quantitative estimate of drug-likeness (QED) is 0.698. The first-order valence-electron chi connectivity index (χ1n) is 9.04. The molecule has 0 saturated carbocycles. The van der Waals surface area contributed by atoms with Crippen LogP contribution < -0.4 is 10.6 Å². The zero-order valence-corrected chi connectivity index (χ0v) is 16.3. The van der Waals surface area contributed by atoms with Gasteiger partial charge in [0.1, 0.15) is 11.0 Å². The molecule has 1 heterocycles. The van der Waals surface area contributed by atoms with Gasteiger partial charge in [-0.3, -0.25) is 14.9 Å². The van der Waals surface area contributed by atoms with Gasteiger partial charge in [-0.2, -0.15) is 0 Å². The van der Waals surface area contributed by atoms with Crippen molar-refractivity contribution in [2.45, 2.75) is 52.5 Å². The van der Waals surface area contributed by atoms with Crippen LogP contribution in [0.25, 0.3) is 10.6 Å². The van der Waals surface area contributed by atoms with E-state index in [0.29, 0.717) is 11.6 Å². The maximum atomic E-state index is 12.7. The fourth-order valence-corrected chi connectivity index (χ4v) is 3.19. The third-order valence-corrected chi connectivity index (χ3v) is 5.13. The highest BCUT2D eigenvalue weighted by Gasteiger charge is 2.26. The van der Waals surface area contributed by atoms with Gasteiger partial charge in [0, 0.05) is 12.0 Å². The number of carbonyl (C=O) groups excluding carboxylic acids is 2. The highest BCUT2D eigenvalue weighted by Crippen LogP contribution is 2.26. The molecule has 0 aliphatic heterocycles. The lowest BCUT2D eigenvalue weighted by Gasteiger charge is -2.22. The predicted molar refractivity (Wildman–Crippen MR) is 105 cm³/mol. The molecule has 7 heteroatoms. The zero-order valence-electron chi connectivity index (χ0n) is 15.5. The Hall–Kier alpha value is -2.28. The number of unbranched alkanes of at least 4 members (excludes halogenated alkanes) is 1. The molecule has 140 valence electrons. The Bertz CT molecular complexity index is 717. The molecule has 2 N–H and O–H groups in total. The standard InChI is InChI=1S/C19H26N4O2S/c1-4-6-12-15(24)20-16(13(3)5-2)17(25)21-19-23-22-18(26-19)14-10-8-7-9-11-14/h7-11,13,16H,4-6,12H2,1-3H3,(H,20,24)(H,21,23,25)/t13-,16-/m1/s1. The number of carbonyl (C=O) groups is 2. The maximum absolute atomic E-state index is 12.7. The van der Waals surface area contributed by atoms with Crippen molar-refractivity contribution in [3.05, 3.63) is 30.3 Å². The molecule has 0 aliphatic carbocycles. The minimum atomic E-state index is -0.576. The van der Waals surface area contributed by atoms with Crippen molar-refractivity contribution in [1.29, 1.82) is 0 Å². The number of amides is 2. The molecular weight excluding hydrogens is 348 g/mol. The number of hydrogen-bond donors (Lipinski definition) is 2. The van der Waals surface area contributed by atoms with E-state index >= 15 is 0 Å². The topological polar surface area (TPSA) is 84.0 Å². The maximum Gasteiger partial charge on any atom is 0.249 e. The highest BCUT2D eigenvalue weighted by molar-refractivity contribution is 7.18. The molecule has 0 unspecified atom stereocenters. The van der Waals surface area contributed by atoms with Gasteiger partial charge in [0.15, 0.2) is 0 Å². The minimum absolute atomic E-state index is 0.0297. The SMILES string of the molecule is CCCCC(=O)N[C@@H](C(=O)Nc1nnc(-c2ccccc2)s1)[C@H](C)CC. The summed E-state index contributed by atoms with van der Waals surface area (Å²) in [5.74, 6) is -0.309. The highest BCUT2D eigenvalue weighted by atomic mass is 32.1. The summed E-state index contributed by atoms with van der Waals surface area (Å²) in [6, 6.07) is 9.11. The van der Waals surface area contributed by atoms with Crippen LogP contribution in [0, 0.1) is 5.92 Å².